The summed E-state index contributed by atoms with van der Waals surface area (Å²) in [6.07, 6.45) is 34.2. The summed E-state index contributed by atoms with van der Waals surface area (Å²) in [5.74, 6) is -1.59. The number of unbranched alkanes of at least 4 members (excludes halogenated alkanes) is 6. The summed E-state index contributed by atoms with van der Waals surface area (Å²) < 4.78 is 66.0. The first-order valence-corrected chi connectivity index (χ1v) is 50.3. The second-order valence-corrected chi connectivity index (χ2v) is 37.2. The molecule has 0 aliphatic rings. The molecule has 0 rings (SSSR count). The highest BCUT2D eigenvalue weighted by Gasteiger charge is 2.25. The Morgan fingerprint density at radius 1 is 0.210 bits per heavy atom. The molecule has 0 amide bonds. The van der Waals surface area contributed by atoms with E-state index in [2.05, 4.69) is 41.4 Å². The van der Waals surface area contributed by atoms with Gasteiger partial charge in [0.1, 0.15) is 79.3 Å². The Hall–Kier alpha value is -5.98. The number of hydrogen-bond acceptors (Lipinski definition) is 34. The first kappa shape index (κ1) is 118. The molecule has 0 saturated heterocycles. The SMILES string of the molecule is C/C=C\CCCSC(C)C(=O)OCCOC(=O)CCN(CCC(=O)OCCOC(=O)C(C)SCCC/C=C\C)CCN(CCN(CCC(=O)OCCOC(=O)C(C)SCCC/C=C\C)CCC(=O)OCCOC(=O)C(C)SCCC/C=C\C)CCN(CCC(=O)OCCOC(=O)C(C)SCCC/C=C\C)CCC(=O)OCCOC(=O)C(C)SCCC/C=C\C. The molecule has 0 saturated carbocycles. The highest BCUT2D eigenvalue weighted by atomic mass is 32.2. The number of hydrogen-bond donors (Lipinski definition) is 0. The molecular weight excluding hydrogens is 1710 g/mol. The lowest BCUT2D eigenvalue weighted by molar-refractivity contribution is -0.152. The van der Waals surface area contributed by atoms with Crippen molar-refractivity contribution >= 4 is 142 Å². The van der Waals surface area contributed by atoms with Crippen molar-refractivity contribution in [1.29, 1.82) is 0 Å². The summed E-state index contributed by atoms with van der Waals surface area (Å²) in [7, 11) is 0. The number of carbonyl (C=O) groups excluding carboxylic acids is 12. The molecule has 0 aromatic heterocycles. The highest BCUT2D eigenvalue weighted by molar-refractivity contribution is 8.01. The molecule has 0 aliphatic carbocycles. The lowest BCUT2D eigenvalue weighted by Crippen LogP contribution is -2.45. The van der Waals surface area contributed by atoms with E-state index in [0.717, 1.165) is 112 Å². The van der Waals surface area contributed by atoms with E-state index in [4.69, 9.17) is 56.8 Å². The second-order valence-electron chi connectivity index (χ2n) is 28.5. The van der Waals surface area contributed by atoms with E-state index in [9.17, 15) is 57.5 Å². The predicted molar refractivity (Wildman–Crippen MR) is 501 cm³/mol. The summed E-state index contributed by atoms with van der Waals surface area (Å²) in [5.41, 5.74) is 0. The van der Waals surface area contributed by atoms with Crippen molar-refractivity contribution in [2.24, 2.45) is 0 Å². The summed E-state index contributed by atoms with van der Waals surface area (Å²) in [6.45, 7) is 22.0. The Morgan fingerprint density at radius 2 is 0.339 bits per heavy atom. The summed E-state index contributed by atoms with van der Waals surface area (Å²) in [5, 5.41) is -2.57. The zero-order chi connectivity index (χ0) is 91.9. The molecule has 0 radical (unpaired) electrons. The fourth-order valence-corrected chi connectivity index (χ4v) is 16.1. The summed E-state index contributed by atoms with van der Waals surface area (Å²) in [4.78, 5) is 166. The Labute approximate surface area is 766 Å². The third-order valence-corrected chi connectivity index (χ3v) is 25.5. The Morgan fingerprint density at radius 3 is 0.476 bits per heavy atom. The van der Waals surface area contributed by atoms with E-state index in [1.54, 1.807) is 41.5 Å². The van der Waals surface area contributed by atoms with Gasteiger partial charge < -0.3 is 71.5 Å². The number of allylic oxidation sites excluding steroid dienone is 12. The fourth-order valence-electron chi connectivity index (χ4n) is 10.8. The van der Waals surface area contributed by atoms with E-state index >= 15 is 0 Å². The molecule has 34 heteroatoms. The van der Waals surface area contributed by atoms with E-state index in [0.29, 0.717) is 0 Å². The number of carbonyl (C=O) groups is 12. The average Bonchev–Trinajstić information content (AvgIpc) is 0.911. The Kier molecular flexibility index (Phi) is 78.7. The molecule has 710 valence electrons. The lowest BCUT2D eigenvalue weighted by Gasteiger charge is -2.32. The van der Waals surface area contributed by atoms with Crippen LogP contribution in [0.3, 0.4) is 0 Å². The zero-order valence-electron chi connectivity index (χ0n) is 76.4. The Bertz CT molecular complexity index is 2590. The maximum absolute atomic E-state index is 13.5. The summed E-state index contributed by atoms with van der Waals surface area (Å²) >= 11 is 8.86. The van der Waals surface area contributed by atoms with Gasteiger partial charge in [0.2, 0.25) is 0 Å². The number of esters is 12. The van der Waals surface area contributed by atoms with Gasteiger partial charge in [-0.2, -0.15) is 0 Å². The molecule has 28 nitrogen and oxygen atoms in total. The van der Waals surface area contributed by atoms with Gasteiger partial charge in [-0.15, -0.1) is 70.6 Å². The molecule has 0 spiro atoms. The molecular formula is C90H150N4O24S6. The van der Waals surface area contributed by atoms with E-state index in [-0.39, 0.29) is 196 Å². The van der Waals surface area contributed by atoms with E-state index in [1.165, 1.54) is 70.6 Å². The first-order chi connectivity index (χ1) is 59.8. The van der Waals surface area contributed by atoms with Gasteiger partial charge in [-0.05, 0) is 195 Å². The van der Waals surface area contributed by atoms with Crippen molar-refractivity contribution in [2.45, 2.75) is 230 Å². The lowest BCUT2D eigenvalue weighted by atomic mass is 10.2. The van der Waals surface area contributed by atoms with Gasteiger partial charge in [0.05, 0.1) is 70.0 Å². The van der Waals surface area contributed by atoms with Crippen LogP contribution in [0, 0.1) is 0 Å². The maximum Gasteiger partial charge on any atom is 0.318 e. The molecule has 6 unspecified atom stereocenters. The van der Waals surface area contributed by atoms with Crippen LogP contribution in [0.2, 0.25) is 0 Å². The van der Waals surface area contributed by atoms with Crippen LogP contribution in [0.5, 0.6) is 0 Å². The van der Waals surface area contributed by atoms with Crippen LogP contribution in [-0.2, 0) is 114 Å². The normalized spacial score (nSPS) is 13.3. The maximum atomic E-state index is 13.5. The van der Waals surface area contributed by atoms with Crippen molar-refractivity contribution in [3.8, 4) is 0 Å². The van der Waals surface area contributed by atoms with Gasteiger partial charge in [0, 0.05) is 78.5 Å². The largest absolute Gasteiger partial charge is 0.462 e. The third-order valence-electron chi connectivity index (χ3n) is 18.2. The Balaban J connectivity index is 7.49. The van der Waals surface area contributed by atoms with Crippen LogP contribution in [0.4, 0.5) is 0 Å². The van der Waals surface area contributed by atoms with Crippen LogP contribution >= 0.6 is 70.6 Å². The van der Waals surface area contributed by atoms with Gasteiger partial charge in [-0.3, -0.25) is 62.4 Å². The standard InChI is InChI=1S/C90H150N4O24S6/c1-13-19-25-31-67-119-73(7)85(101)113-61-55-107-79(95)37-43-91(44-38-80(96)108-56-62-114-86(102)74(8)120-68-32-26-20-14-2)49-52-94(53-50-92(45-39-81(97)109-57-63-115-87(103)75(9)121-69-33-27-21-15-3)46-40-82(98)110-58-64-116-88(104)76(10)122-70-34-28-22-16-4)54-51-93(47-41-83(99)111-59-65-117-89(105)77(11)123-71-35-29-23-17-5)48-42-84(100)112-60-66-118-90(106)78(12)124-72-36-30-24-18-6/h13-24,73-78H,25-72H2,1-12H3/b19-13-,20-14-,21-15-,22-16-,23-17-,24-18-. The van der Waals surface area contributed by atoms with Crippen molar-refractivity contribution in [3.05, 3.63) is 72.9 Å². The van der Waals surface area contributed by atoms with Crippen LogP contribution in [-0.4, -0.2) is 315 Å². The molecule has 0 bridgehead atoms. The smallest absolute Gasteiger partial charge is 0.318 e. The van der Waals surface area contributed by atoms with E-state index < -0.39 is 103 Å². The van der Waals surface area contributed by atoms with Gasteiger partial charge in [0.15, 0.2) is 0 Å². The van der Waals surface area contributed by atoms with Gasteiger partial charge in [-0.1, -0.05) is 72.9 Å². The topological polar surface area (TPSA) is 329 Å². The fraction of sp³-hybridized carbons (Fsp3) is 0.733. The molecule has 0 N–H and O–H groups in total. The quantitative estimate of drug-likeness (QED) is 0.0236. The number of rotatable bonds is 81. The minimum atomic E-state index is -0.597. The molecule has 0 heterocycles. The zero-order valence-corrected chi connectivity index (χ0v) is 81.3. The molecule has 0 aromatic rings. The molecule has 0 aromatic carbocycles. The monoisotopic (exact) mass is 1860 g/mol. The summed E-state index contributed by atoms with van der Waals surface area (Å²) in [6, 6.07) is 0. The first-order valence-electron chi connectivity index (χ1n) is 44.0. The minimum absolute atomic E-state index is 0.0838. The van der Waals surface area contributed by atoms with Crippen LogP contribution < -0.4 is 0 Å². The van der Waals surface area contributed by atoms with Gasteiger partial charge in [-0.25, -0.2) is 0 Å². The molecule has 0 aliphatic heterocycles. The third kappa shape index (κ3) is 71.0. The minimum Gasteiger partial charge on any atom is -0.462 e. The predicted octanol–water partition coefficient (Wildman–Crippen LogP) is 13.9. The number of ether oxygens (including phenoxy) is 12. The van der Waals surface area contributed by atoms with Crippen molar-refractivity contribution < 1.29 is 114 Å². The van der Waals surface area contributed by atoms with Crippen LogP contribution in [0.15, 0.2) is 72.9 Å². The van der Waals surface area contributed by atoms with Crippen molar-refractivity contribution in [1.82, 2.24) is 19.6 Å². The number of nitrogens with zero attached hydrogens (tertiary/aromatic N) is 4. The van der Waals surface area contributed by atoms with Crippen molar-refractivity contribution in [3.63, 3.8) is 0 Å². The second kappa shape index (κ2) is 82.7. The molecule has 6 atom stereocenters. The molecule has 0 fully saturated rings. The van der Waals surface area contributed by atoms with Gasteiger partial charge >= 0.3 is 71.6 Å². The van der Waals surface area contributed by atoms with Crippen molar-refractivity contribution in [2.75, 3.05) is 192 Å². The van der Waals surface area contributed by atoms with Crippen LogP contribution in [0.1, 0.15) is 199 Å². The number of thioether (sulfide) groups is 6. The van der Waals surface area contributed by atoms with Crippen LogP contribution in [0.25, 0.3) is 0 Å². The molecule has 124 heavy (non-hydrogen) atoms. The van der Waals surface area contributed by atoms with Gasteiger partial charge in [0.25, 0.3) is 0 Å². The van der Waals surface area contributed by atoms with E-state index in [1.807, 2.05) is 92.7 Å². The average molecular weight is 1860 g/mol. The highest BCUT2D eigenvalue weighted by Crippen LogP contribution is 2.21.